The Kier molecular flexibility index (Phi) is 4.13. The number of nitrogens with zero attached hydrogens (tertiary/aromatic N) is 3. The smallest absolute Gasteiger partial charge is 0.380 e. The van der Waals surface area contributed by atoms with Crippen molar-refractivity contribution in [1.82, 2.24) is 14.7 Å². The maximum absolute atomic E-state index is 12.8. The molecule has 2 aromatic rings. The maximum atomic E-state index is 12.8. The molecule has 0 saturated carbocycles. The lowest BCUT2D eigenvalue weighted by Crippen LogP contribution is -2.53. The highest BCUT2D eigenvalue weighted by molar-refractivity contribution is 5.83. The highest BCUT2D eigenvalue weighted by Crippen LogP contribution is 2.38. The summed E-state index contributed by atoms with van der Waals surface area (Å²) in [5.41, 5.74) is -2.22. The number of aryl methyl sites for hydroxylation is 1. The third-order valence-corrected chi connectivity index (χ3v) is 4.60. The Morgan fingerprint density at radius 3 is 2.38 bits per heavy atom. The summed E-state index contributed by atoms with van der Waals surface area (Å²) in [7, 11) is 0. The van der Waals surface area contributed by atoms with Gasteiger partial charge in [0.25, 0.3) is 5.56 Å². The van der Waals surface area contributed by atoms with Crippen LogP contribution in [0.5, 0.6) is 0 Å². The lowest BCUT2D eigenvalue weighted by atomic mass is 9.91. The molecule has 1 aliphatic heterocycles. The van der Waals surface area contributed by atoms with Crippen LogP contribution in [0.15, 0.2) is 29.1 Å². The number of aliphatic hydroxyl groups is 1. The average Bonchev–Trinajstić information content (AvgIpc) is 2.53. The zero-order valence-electron chi connectivity index (χ0n) is 13.2. The van der Waals surface area contributed by atoms with Crippen molar-refractivity contribution in [1.29, 1.82) is 0 Å². The van der Waals surface area contributed by atoms with E-state index in [1.54, 1.807) is 24.0 Å². The number of aromatic nitrogens is 2. The van der Waals surface area contributed by atoms with Gasteiger partial charge in [0, 0.05) is 18.5 Å². The second-order valence-corrected chi connectivity index (χ2v) is 6.22. The molecular formula is C16H18F3N3O2. The minimum atomic E-state index is -4.63. The van der Waals surface area contributed by atoms with Gasteiger partial charge in [0.1, 0.15) is 0 Å². The van der Waals surface area contributed by atoms with Crippen LogP contribution in [0, 0.1) is 6.92 Å². The van der Waals surface area contributed by atoms with E-state index in [0.717, 1.165) is 5.39 Å². The molecule has 1 N–H and O–H groups in total. The minimum absolute atomic E-state index is 0.0516. The van der Waals surface area contributed by atoms with Crippen LogP contribution in [-0.4, -0.2) is 44.7 Å². The van der Waals surface area contributed by atoms with Gasteiger partial charge in [-0.05, 0) is 25.8 Å². The fraction of sp³-hybridized carbons (Fsp3) is 0.500. The molecule has 1 aromatic carbocycles. The van der Waals surface area contributed by atoms with E-state index >= 15 is 0 Å². The van der Waals surface area contributed by atoms with E-state index in [4.69, 9.17) is 0 Å². The lowest BCUT2D eigenvalue weighted by molar-refractivity contribution is -0.273. The molecule has 0 bridgehead atoms. The summed E-state index contributed by atoms with van der Waals surface area (Å²) in [4.78, 5) is 14.2. The van der Waals surface area contributed by atoms with Crippen LogP contribution in [0.4, 0.5) is 13.2 Å². The van der Waals surface area contributed by atoms with Gasteiger partial charge in [-0.3, -0.25) is 9.69 Å². The summed E-state index contributed by atoms with van der Waals surface area (Å²) in [5, 5.41) is 15.3. The summed E-state index contributed by atoms with van der Waals surface area (Å²) < 4.78 is 39.8. The van der Waals surface area contributed by atoms with Gasteiger partial charge in [-0.1, -0.05) is 18.2 Å². The van der Waals surface area contributed by atoms with Crippen LogP contribution in [0.25, 0.3) is 10.8 Å². The Bertz CT molecular complexity index is 808. The number of halogens is 3. The van der Waals surface area contributed by atoms with Gasteiger partial charge in [0.2, 0.25) is 0 Å². The number of fused-ring (bicyclic) bond motifs is 1. The van der Waals surface area contributed by atoms with Crippen LogP contribution < -0.4 is 5.56 Å². The molecule has 3 rings (SSSR count). The van der Waals surface area contributed by atoms with Crippen molar-refractivity contribution in [3.8, 4) is 0 Å². The molecule has 0 radical (unpaired) electrons. The largest absolute Gasteiger partial charge is 0.417 e. The molecule has 5 nitrogen and oxygen atoms in total. The van der Waals surface area contributed by atoms with Gasteiger partial charge in [-0.15, -0.1) is 0 Å². The van der Waals surface area contributed by atoms with E-state index < -0.39 is 24.6 Å². The number of alkyl halides is 3. The Balaban J connectivity index is 1.80. The van der Waals surface area contributed by atoms with Crippen molar-refractivity contribution < 1.29 is 18.3 Å². The minimum Gasteiger partial charge on any atom is -0.380 e. The molecule has 1 aliphatic rings. The van der Waals surface area contributed by atoms with Gasteiger partial charge in [0.05, 0.1) is 17.7 Å². The number of rotatable bonds is 2. The van der Waals surface area contributed by atoms with Crippen molar-refractivity contribution in [2.75, 3.05) is 13.1 Å². The first-order chi connectivity index (χ1) is 11.2. The normalized spacial score (nSPS) is 18.9. The van der Waals surface area contributed by atoms with Gasteiger partial charge < -0.3 is 5.11 Å². The lowest BCUT2D eigenvalue weighted by Gasteiger charge is -2.38. The highest BCUT2D eigenvalue weighted by Gasteiger charge is 2.54. The van der Waals surface area contributed by atoms with Gasteiger partial charge in [-0.25, -0.2) is 4.68 Å². The predicted molar refractivity (Wildman–Crippen MR) is 82.6 cm³/mol. The molecule has 0 atom stereocenters. The Hall–Kier alpha value is -1.93. The molecule has 24 heavy (non-hydrogen) atoms. The summed E-state index contributed by atoms with van der Waals surface area (Å²) in [5.74, 6) is 0. The molecule has 130 valence electrons. The van der Waals surface area contributed by atoms with Gasteiger partial charge in [-0.2, -0.15) is 18.3 Å². The summed E-state index contributed by atoms with van der Waals surface area (Å²) in [6, 6.07) is 7.11. The topological polar surface area (TPSA) is 58.4 Å². The predicted octanol–water partition coefficient (Wildman–Crippen LogP) is 2.05. The first-order valence-corrected chi connectivity index (χ1v) is 7.69. The molecular weight excluding hydrogens is 323 g/mol. The zero-order valence-corrected chi connectivity index (χ0v) is 13.2. The number of hydrogen-bond donors (Lipinski definition) is 1. The molecule has 0 unspecified atom stereocenters. The van der Waals surface area contributed by atoms with Gasteiger partial charge >= 0.3 is 6.18 Å². The second-order valence-electron chi connectivity index (χ2n) is 6.22. The van der Waals surface area contributed by atoms with E-state index in [-0.39, 0.29) is 25.3 Å². The van der Waals surface area contributed by atoms with E-state index in [1.807, 2.05) is 12.1 Å². The molecule has 0 amide bonds. The molecule has 1 aromatic heterocycles. The molecule has 1 saturated heterocycles. The first-order valence-electron chi connectivity index (χ1n) is 7.69. The molecule has 2 heterocycles. The van der Waals surface area contributed by atoms with Crippen LogP contribution >= 0.6 is 0 Å². The van der Waals surface area contributed by atoms with Crippen LogP contribution in [0.1, 0.15) is 18.5 Å². The quantitative estimate of drug-likeness (QED) is 0.908. The van der Waals surface area contributed by atoms with Crippen molar-refractivity contribution >= 4 is 10.8 Å². The van der Waals surface area contributed by atoms with E-state index in [0.29, 0.717) is 11.1 Å². The molecule has 0 aliphatic carbocycles. The highest BCUT2D eigenvalue weighted by atomic mass is 19.4. The van der Waals surface area contributed by atoms with Crippen molar-refractivity contribution in [3.63, 3.8) is 0 Å². The number of benzene rings is 1. The van der Waals surface area contributed by atoms with Crippen molar-refractivity contribution in [2.24, 2.45) is 0 Å². The SMILES string of the molecule is Cc1nn(CN2CCC(O)(C(F)(F)F)CC2)c(=O)c2ccccc12. The van der Waals surface area contributed by atoms with Crippen LogP contribution in [-0.2, 0) is 6.67 Å². The number of likely N-dealkylation sites (tertiary alicyclic amines) is 1. The fourth-order valence-corrected chi connectivity index (χ4v) is 3.04. The maximum Gasteiger partial charge on any atom is 0.417 e. The summed E-state index contributed by atoms with van der Waals surface area (Å²) >= 11 is 0. The summed E-state index contributed by atoms with van der Waals surface area (Å²) in [6.45, 7) is 2.00. The van der Waals surface area contributed by atoms with Crippen molar-refractivity contribution in [3.05, 3.63) is 40.3 Å². The Labute approximate surface area is 136 Å². The summed E-state index contributed by atoms with van der Waals surface area (Å²) in [6.07, 6.45) is -5.44. The Morgan fingerprint density at radius 2 is 1.79 bits per heavy atom. The molecule has 0 spiro atoms. The molecule has 8 heteroatoms. The third-order valence-electron chi connectivity index (χ3n) is 4.60. The van der Waals surface area contributed by atoms with E-state index in [1.165, 1.54) is 4.68 Å². The van der Waals surface area contributed by atoms with E-state index in [9.17, 15) is 23.1 Å². The monoisotopic (exact) mass is 341 g/mol. The zero-order chi connectivity index (χ0) is 17.5. The number of hydrogen-bond acceptors (Lipinski definition) is 4. The molecule has 1 fully saturated rings. The third kappa shape index (κ3) is 2.91. The van der Waals surface area contributed by atoms with Gasteiger partial charge in [0.15, 0.2) is 5.60 Å². The van der Waals surface area contributed by atoms with Crippen LogP contribution in [0.2, 0.25) is 0 Å². The fourth-order valence-electron chi connectivity index (χ4n) is 3.04. The Morgan fingerprint density at radius 1 is 1.21 bits per heavy atom. The second kappa shape index (κ2) is 5.86. The number of piperidine rings is 1. The standard InChI is InChI=1S/C16H18F3N3O2/c1-11-12-4-2-3-5-13(12)14(23)22(20-11)10-21-8-6-15(24,7-9-21)16(17,18)19/h2-5,24H,6-10H2,1H3. The van der Waals surface area contributed by atoms with E-state index in [2.05, 4.69) is 5.10 Å². The van der Waals surface area contributed by atoms with Crippen molar-refractivity contribution in [2.45, 2.75) is 38.2 Å². The average molecular weight is 341 g/mol. The first kappa shape index (κ1) is 16.9. The van der Waals surface area contributed by atoms with Crippen LogP contribution in [0.3, 0.4) is 0 Å².